The SMILES string of the molecule is C=CCOCC=C.O=[N+]([O-])c1cccc([N+](=O)[O-])c1[N+](=O)[O-]. The third-order valence-electron chi connectivity index (χ3n) is 2.04. The van der Waals surface area contributed by atoms with E-state index in [1.807, 2.05) is 0 Å². The van der Waals surface area contributed by atoms with Crippen molar-refractivity contribution in [1.29, 1.82) is 0 Å². The Morgan fingerprint density at radius 1 is 0.909 bits per heavy atom. The molecule has 1 aromatic carbocycles. The highest BCUT2D eigenvalue weighted by Gasteiger charge is 2.34. The molecule has 0 aromatic heterocycles. The lowest BCUT2D eigenvalue weighted by Gasteiger charge is -1.95. The third-order valence-corrected chi connectivity index (χ3v) is 2.04. The van der Waals surface area contributed by atoms with Crippen molar-refractivity contribution in [1.82, 2.24) is 0 Å². The second-order valence-electron chi connectivity index (χ2n) is 3.53. The number of nitrogens with zero attached hydrogens (tertiary/aromatic N) is 3. The standard InChI is InChI=1S/C6H3N3O6.C6H10O/c10-7(11)4-2-1-3-5(8(12)13)6(4)9(14)15;1-3-5-7-6-4-2/h1-3H;3-4H,1-2,5-6H2. The highest BCUT2D eigenvalue weighted by Crippen LogP contribution is 2.35. The summed E-state index contributed by atoms with van der Waals surface area (Å²) in [5, 5.41) is 31.2. The maximum Gasteiger partial charge on any atom is 0.422 e. The van der Waals surface area contributed by atoms with Gasteiger partial charge in [0, 0.05) is 12.1 Å². The van der Waals surface area contributed by atoms with Gasteiger partial charge >= 0.3 is 17.1 Å². The van der Waals surface area contributed by atoms with E-state index in [0.717, 1.165) is 18.2 Å². The van der Waals surface area contributed by atoms with Crippen LogP contribution in [0.1, 0.15) is 0 Å². The zero-order valence-electron chi connectivity index (χ0n) is 11.4. The molecule has 0 saturated heterocycles. The molecule has 10 nitrogen and oxygen atoms in total. The van der Waals surface area contributed by atoms with Crippen LogP contribution in [0.5, 0.6) is 0 Å². The normalized spacial score (nSPS) is 9.09. The number of nitro benzene ring substituents is 3. The number of benzene rings is 1. The molecule has 1 aromatic rings. The van der Waals surface area contributed by atoms with Gasteiger partial charge in [-0.05, 0) is 6.07 Å². The lowest BCUT2D eigenvalue weighted by molar-refractivity contribution is -0.441. The van der Waals surface area contributed by atoms with Crippen molar-refractivity contribution in [3.05, 3.63) is 73.9 Å². The fourth-order valence-electron chi connectivity index (χ4n) is 1.24. The van der Waals surface area contributed by atoms with Crippen LogP contribution in [0.4, 0.5) is 17.1 Å². The molecule has 0 radical (unpaired) electrons. The largest absolute Gasteiger partial charge is 0.422 e. The zero-order valence-corrected chi connectivity index (χ0v) is 11.4. The Labute approximate surface area is 124 Å². The van der Waals surface area contributed by atoms with Crippen molar-refractivity contribution in [2.75, 3.05) is 13.2 Å². The summed E-state index contributed by atoms with van der Waals surface area (Å²) in [6.45, 7) is 8.18. The highest BCUT2D eigenvalue weighted by molar-refractivity contribution is 5.65. The molecule has 0 aliphatic rings. The van der Waals surface area contributed by atoms with Gasteiger partial charge in [0.05, 0.1) is 28.0 Å². The van der Waals surface area contributed by atoms with Gasteiger partial charge in [-0.2, -0.15) is 0 Å². The molecule has 0 aliphatic heterocycles. The summed E-state index contributed by atoms with van der Waals surface area (Å²) in [5.74, 6) is 0. The van der Waals surface area contributed by atoms with Crippen molar-refractivity contribution < 1.29 is 19.5 Å². The van der Waals surface area contributed by atoms with E-state index in [-0.39, 0.29) is 0 Å². The average molecular weight is 311 g/mol. The second kappa shape index (κ2) is 9.72. The average Bonchev–Trinajstić information content (AvgIpc) is 2.47. The van der Waals surface area contributed by atoms with Gasteiger partial charge < -0.3 is 4.74 Å². The van der Waals surface area contributed by atoms with Crippen LogP contribution >= 0.6 is 0 Å². The summed E-state index contributed by atoms with van der Waals surface area (Å²) < 4.78 is 4.90. The molecule has 1 rings (SSSR count). The summed E-state index contributed by atoms with van der Waals surface area (Å²) in [5.41, 5.74) is -2.89. The monoisotopic (exact) mass is 311 g/mol. The molecule has 0 spiro atoms. The van der Waals surface area contributed by atoms with Gasteiger partial charge in [0.15, 0.2) is 0 Å². The summed E-state index contributed by atoms with van der Waals surface area (Å²) in [7, 11) is 0. The quantitative estimate of drug-likeness (QED) is 0.326. The predicted octanol–water partition coefficient (Wildman–Crippen LogP) is 2.79. The minimum atomic E-state index is -1.14. The lowest BCUT2D eigenvalue weighted by Crippen LogP contribution is -2.00. The van der Waals surface area contributed by atoms with E-state index in [2.05, 4.69) is 13.2 Å². The molecule has 0 saturated carbocycles. The Bertz CT molecular complexity index is 546. The molecule has 0 heterocycles. The summed E-state index contributed by atoms with van der Waals surface area (Å²) >= 11 is 0. The topological polar surface area (TPSA) is 139 Å². The van der Waals surface area contributed by atoms with Crippen molar-refractivity contribution in [3.8, 4) is 0 Å². The van der Waals surface area contributed by atoms with Crippen molar-refractivity contribution in [3.63, 3.8) is 0 Å². The molecule has 0 bridgehead atoms. The van der Waals surface area contributed by atoms with Gasteiger partial charge in [-0.25, -0.2) is 0 Å². The Kier molecular flexibility index (Phi) is 8.33. The van der Waals surface area contributed by atoms with Crippen molar-refractivity contribution >= 4 is 17.1 Å². The van der Waals surface area contributed by atoms with Gasteiger partial charge in [0.2, 0.25) is 0 Å². The molecule has 0 amide bonds. The minimum absolute atomic E-state index is 0.617. The molecule has 0 atom stereocenters. The van der Waals surface area contributed by atoms with Gasteiger partial charge in [-0.1, -0.05) is 12.2 Å². The number of hydrogen-bond donors (Lipinski definition) is 0. The summed E-state index contributed by atoms with van der Waals surface area (Å²) in [4.78, 5) is 28.0. The number of ether oxygens (including phenoxy) is 1. The van der Waals surface area contributed by atoms with Crippen LogP contribution in [0.3, 0.4) is 0 Å². The van der Waals surface area contributed by atoms with Crippen molar-refractivity contribution in [2.45, 2.75) is 0 Å². The second-order valence-corrected chi connectivity index (χ2v) is 3.53. The number of hydrogen-bond acceptors (Lipinski definition) is 7. The Hall–Kier alpha value is -3.14. The van der Waals surface area contributed by atoms with Crippen LogP contribution in [-0.2, 0) is 4.74 Å². The van der Waals surface area contributed by atoms with E-state index in [4.69, 9.17) is 4.74 Å². The van der Waals surface area contributed by atoms with Gasteiger partial charge in [0.25, 0.3) is 0 Å². The fourth-order valence-corrected chi connectivity index (χ4v) is 1.24. The fraction of sp³-hybridized carbons (Fsp3) is 0.167. The first-order valence-electron chi connectivity index (χ1n) is 5.72. The van der Waals surface area contributed by atoms with E-state index in [1.54, 1.807) is 12.2 Å². The van der Waals surface area contributed by atoms with Crippen LogP contribution < -0.4 is 0 Å². The maximum atomic E-state index is 10.4. The minimum Gasteiger partial charge on any atom is -0.373 e. The van der Waals surface area contributed by atoms with Gasteiger partial charge in [-0.15, -0.1) is 13.2 Å². The molecular formula is C12H13N3O7. The Morgan fingerprint density at radius 3 is 1.59 bits per heavy atom. The molecule has 0 aliphatic carbocycles. The first kappa shape index (κ1) is 18.9. The maximum absolute atomic E-state index is 10.4. The molecule has 22 heavy (non-hydrogen) atoms. The number of para-hydroxylation sites is 1. The first-order valence-corrected chi connectivity index (χ1v) is 5.72. The molecule has 10 heteroatoms. The highest BCUT2D eigenvalue weighted by atomic mass is 16.6. The van der Waals surface area contributed by atoms with E-state index in [9.17, 15) is 30.3 Å². The predicted molar refractivity (Wildman–Crippen MR) is 77.6 cm³/mol. The Morgan fingerprint density at radius 2 is 1.32 bits per heavy atom. The van der Waals surface area contributed by atoms with Crippen LogP contribution in [0, 0.1) is 30.3 Å². The van der Waals surface area contributed by atoms with Crippen LogP contribution in [-0.4, -0.2) is 28.0 Å². The van der Waals surface area contributed by atoms with E-state index < -0.39 is 31.8 Å². The van der Waals surface area contributed by atoms with Gasteiger partial charge in [-0.3, -0.25) is 30.3 Å². The van der Waals surface area contributed by atoms with Crippen molar-refractivity contribution in [2.24, 2.45) is 0 Å². The Balaban J connectivity index is 0.000000534. The first-order chi connectivity index (χ1) is 10.4. The van der Waals surface area contributed by atoms with E-state index >= 15 is 0 Å². The van der Waals surface area contributed by atoms with Crippen LogP contribution in [0.2, 0.25) is 0 Å². The summed E-state index contributed by atoms with van der Waals surface area (Å²) in [6, 6.07) is 2.69. The third kappa shape index (κ3) is 5.88. The molecule has 0 fully saturated rings. The molecule has 0 N–H and O–H groups in total. The number of nitro groups is 3. The van der Waals surface area contributed by atoms with E-state index in [1.165, 1.54) is 0 Å². The van der Waals surface area contributed by atoms with Crippen LogP contribution in [0.25, 0.3) is 0 Å². The van der Waals surface area contributed by atoms with Crippen LogP contribution in [0.15, 0.2) is 43.5 Å². The van der Waals surface area contributed by atoms with E-state index in [0.29, 0.717) is 13.2 Å². The van der Waals surface area contributed by atoms with Gasteiger partial charge in [0.1, 0.15) is 0 Å². The summed E-state index contributed by atoms with van der Waals surface area (Å²) in [6.07, 6.45) is 3.42. The smallest absolute Gasteiger partial charge is 0.373 e. The number of rotatable bonds is 7. The zero-order chi connectivity index (χ0) is 17.1. The molecule has 0 unspecified atom stereocenters. The molecule has 118 valence electrons. The lowest BCUT2D eigenvalue weighted by atomic mass is 10.2. The molecular weight excluding hydrogens is 298 g/mol.